The number of piperidine rings is 1. The summed E-state index contributed by atoms with van der Waals surface area (Å²) in [4.78, 5) is 73.8. The van der Waals surface area contributed by atoms with Gasteiger partial charge in [0, 0.05) is 72.7 Å². The fourth-order valence-electron chi connectivity index (χ4n) is 11.1. The molecule has 3 fully saturated rings. The zero-order valence-corrected chi connectivity index (χ0v) is 46.2. The largest absolute Gasteiger partial charge is 0.460 e. The summed E-state index contributed by atoms with van der Waals surface area (Å²) in [5.41, 5.74) is 1.55. The fourth-order valence-corrected chi connectivity index (χ4v) is 11.1. The Morgan fingerprint density at radius 3 is 2.21 bits per heavy atom. The Kier molecular flexibility index (Phi) is 26.3. The maximum absolute atomic E-state index is 14.8. The van der Waals surface area contributed by atoms with Crippen molar-refractivity contribution in [3.8, 4) is 0 Å². The number of methoxy groups -OCH3 is 5. The van der Waals surface area contributed by atoms with E-state index in [4.69, 9.17) is 42.6 Å². The summed E-state index contributed by atoms with van der Waals surface area (Å²) < 4.78 is 53.6. The fraction of sp³-hybridized carbons (Fsp3) is 0.772. The molecule has 0 aromatic heterocycles. The van der Waals surface area contributed by atoms with Crippen LogP contribution in [0.2, 0.25) is 0 Å². The predicted octanol–water partition coefficient (Wildman–Crippen LogP) is 7.52. The SMILES string of the molecule is COCCOCCO[C@@H]1C[C@@H]2CC[C@@H](C)[C@@](OC)(O2)C(=O)C(=O)N2CCCC[C@H]2C(=O)O[C@H]([C@H](C)C[C@@H]2CC[C@@H](O)[C@H](OC)C2)CC(=O)C(C)/C=C(\C)[C@@H](OC)[C@@H](OC)C(=O)[C@H](C)C[C@H](C)/C=C/C=C/C=C/1C. The zero-order valence-electron chi connectivity index (χ0n) is 46.2. The molecule has 0 spiro atoms. The maximum atomic E-state index is 14.8. The van der Waals surface area contributed by atoms with Crippen LogP contribution in [0.5, 0.6) is 0 Å². The van der Waals surface area contributed by atoms with E-state index in [9.17, 15) is 29.1 Å². The van der Waals surface area contributed by atoms with Crippen LogP contribution < -0.4 is 0 Å². The minimum absolute atomic E-state index is 0.0458. The Balaban J connectivity index is 1.75. The van der Waals surface area contributed by atoms with Gasteiger partial charge in [0.2, 0.25) is 5.79 Å². The number of allylic oxidation sites excluding steroid dienone is 6. The van der Waals surface area contributed by atoms with E-state index < -0.39 is 77.9 Å². The number of hydrogen-bond donors (Lipinski definition) is 1. The lowest BCUT2D eigenvalue weighted by Crippen LogP contribution is -2.61. The highest BCUT2D eigenvalue weighted by atomic mass is 16.7. The molecular weight excluding hydrogens is 939 g/mol. The lowest BCUT2D eigenvalue weighted by atomic mass is 9.78. The molecule has 73 heavy (non-hydrogen) atoms. The molecular formula is C57H91NO15. The summed E-state index contributed by atoms with van der Waals surface area (Å²) in [7, 11) is 7.57. The van der Waals surface area contributed by atoms with Gasteiger partial charge in [-0.1, -0.05) is 71.1 Å². The van der Waals surface area contributed by atoms with Crippen molar-refractivity contribution in [2.75, 3.05) is 68.5 Å². The van der Waals surface area contributed by atoms with Gasteiger partial charge < -0.3 is 52.6 Å². The van der Waals surface area contributed by atoms with Gasteiger partial charge in [-0.25, -0.2) is 4.79 Å². The Hall–Kier alpha value is -3.45. The van der Waals surface area contributed by atoms with Crippen LogP contribution in [0.3, 0.4) is 0 Å². The van der Waals surface area contributed by atoms with E-state index in [-0.39, 0.29) is 67.3 Å². The summed E-state index contributed by atoms with van der Waals surface area (Å²) in [5, 5.41) is 10.6. The molecule has 3 aliphatic heterocycles. The minimum Gasteiger partial charge on any atom is -0.460 e. The van der Waals surface area contributed by atoms with Gasteiger partial charge in [-0.05, 0) is 107 Å². The molecule has 16 nitrogen and oxygen atoms in total. The molecule has 16 heteroatoms. The third-order valence-electron chi connectivity index (χ3n) is 15.7. The average Bonchev–Trinajstić information content (AvgIpc) is 3.37. The summed E-state index contributed by atoms with van der Waals surface area (Å²) in [6, 6.07) is -1.09. The molecule has 0 aromatic rings. The maximum Gasteiger partial charge on any atom is 0.329 e. The monoisotopic (exact) mass is 1030 g/mol. The number of carbonyl (C=O) groups excluding carboxylic acids is 5. The summed E-state index contributed by atoms with van der Waals surface area (Å²) in [6.45, 7) is 14.9. The van der Waals surface area contributed by atoms with Gasteiger partial charge in [0.05, 0.1) is 50.8 Å². The molecule has 3 heterocycles. The van der Waals surface area contributed by atoms with Gasteiger partial charge >= 0.3 is 5.97 Å². The van der Waals surface area contributed by atoms with Crippen LogP contribution in [0.25, 0.3) is 0 Å². The highest BCUT2D eigenvalue weighted by Crippen LogP contribution is 2.39. The Bertz CT molecular complexity index is 1900. The topological polar surface area (TPSA) is 192 Å². The lowest BCUT2D eigenvalue weighted by Gasteiger charge is -2.45. The average molecular weight is 1030 g/mol. The van der Waals surface area contributed by atoms with E-state index in [1.807, 2.05) is 65.0 Å². The second-order valence-corrected chi connectivity index (χ2v) is 21.2. The molecule has 2 saturated heterocycles. The zero-order chi connectivity index (χ0) is 53.8. The predicted molar refractivity (Wildman–Crippen MR) is 276 cm³/mol. The first-order valence-corrected chi connectivity index (χ1v) is 26.9. The third-order valence-corrected chi connectivity index (χ3v) is 15.7. The van der Waals surface area contributed by atoms with Crippen molar-refractivity contribution in [1.29, 1.82) is 0 Å². The number of cyclic esters (lactones) is 1. The van der Waals surface area contributed by atoms with Crippen molar-refractivity contribution in [1.82, 2.24) is 4.90 Å². The summed E-state index contributed by atoms with van der Waals surface area (Å²) >= 11 is 0. The van der Waals surface area contributed by atoms with E-state index in [1.54, 1.807) is 27.2 Å². The Labute approximate surface area is 436 Å². The molecule has 0 radical (unpaired) electrons. The van der Waals surface area contributed by atoms with E-state index in [2.05, 4.69) is 6.92 Å². The number of Topliss-reactive ketones (excluding diaryl/α,β-unsaturated/α-hetero) is 3. The van der Waals surface area contributed by atoms with Gasteiger partial charge in [-0.15, -0.1) is 0 Å². The number of ether oxygens (including phenoxy) is 9. The highest BCUT2D eigenvalue weighted by molar-refractivity contribution is 6.39. The first-order chi connectivity index (χ1) is 34.8. The molecule has 414 valence electrons. The van der Waals surface area contributed by atoms with Gasteiger partial charge in [0.1, 0.15) is 30.1 Å². The number of amides is 1. The summed E-state index contributed by atoms with van der Waals surface area (Å²) in [6.07, 6.45) is 13.0. The molecule has 4 aliphatic rings. The van der Waals surface area contributed by atoms with Crippen LogP contribution in [-0.4, -0.2) is 162 Å². The molecule has 4 rings (SSSR count). The van der Waals surface area contributed by atoms with Crippen LogP contribution in [0.1, 0.15) is 126 Å². The Morgan fingerprint density at radius 1 is 0.795 bits per heavy atom. The molecule has 2 bridgehead atoms. The minimum atomic E-state index is -1.92. The van der Waals surface area contributed by atoms with Crippen molar-refractivity contribution >= 4 is 29.2 Å². The van der Waals surface area contributed by atoms with E-state index in [0.29, 0.717) is 83.2 Å². The molecule has 1 N–H and O–H groups in total. The smallest absolute Gasteiger partial charge is 0.329 e. The molecule has 1 saturated carbocycles. The van der Waals surface area contributed by atoms with E-state index in [1.165, 1.54) is 26.2 Å². The van der Waals surface area contributed by atoms with Gasteiger partial charge in [0.15, 0.2) is 5.78 Å². The quantitative estimate of drug-likeness (QED) is 0.0777. The molecule has 1 aliphatic carbocycles. The van der Waals surface area contributed by atoms with Crippen LogP contribution in [0, 0.1) is 35.5 Å². The van der Waals surface area contributed by atoms with Gasteiger partial charge in [-0.2, -0.15) is 0 Å². The van der Waals surface area contributed by atoms with Crippen molar-refractivity contribution in [3.63, 3.8) is 0 Å². The summed E-state index contributed by atoms with van der Waals surface area (Å²) in [5.74, 6) is -6.36. The number of ketones is 3. The lowest BCUT2D eigenvalue weighted by molar-refractivity contribution is -0.277. The number of aliphatic hydroxyl groups excluding tert-OH is 1. The molecule has 1 amide bonds. The number of nitrogens with zero attached hydrogens (tertiary/aromatic N) is 1. The number of hydrogen-bond acceptors (Lipinski definition) is 15. The van der Waals surface area contributed by atoms with Crippen molar-refractivity contribution in [3.05, 3.63) is 47.6 Å². The van der Waals surface area contributed by atoms with Crippen LogP contribution in [0.15, 0.2) is 47.6 Å². The third kappa shape index (κ3) is 17.5. The standard InChI is InChI=1S/C57H91NO15/c1-36-18-14-13-15-19-37(2)48(71-29-28-70-27-26-65-8)34-44-23-21-42(7)57(69-12,73-44)54(62)55(63)58-25-17-16-20-45(58)56(64)72-49(39(4)32-43-22-24-46(59)50(33-43)66-9)35-47(60)38(3)31-41(6)52(67-10)53(68-11)51(61)40(5)30-36/h13-15,18-19,31,36,38-40,42-46,48-50,52-53,59H,16-17,20-30,32-35H2,1-12H3/b15-13+,18-14+,37-19+,41-31+/t36-,38?,39-,40-,42-,43+,44+,45+,46-,48-,49+,50-,52-,53+,57-/m1/s1. The van der Waals surface area contributed by atoms with Crippen molar-refractivity contribution < 1.29 is 71.7 Å². The van der Waals surface area contributed by atoms with Crippen molar-refractivity contribution in [2.24, 2.45) is 35.5 Å². The second-order valence-electron chi connectivity index (χ2n) is 21.2. The normalized spacial score (nSPS) is 37.3. The van der Waals surface area contributed by atoms with Crippen LogP contribution >= 0.6 is 0 Å². The van der Waals surface area contributed by atoms with Gasteiger partial charge in [0.25, 0.3) is 11.7 Å². The van der Waals surface area contributed by atoms with Crippen LogP contribution in [0.4, 0.5) is 0 Å². The molecule has 15 atom stereocenters. The number of aliphatic hydroxyl groups is 1. The number of rotatable bonds is 14. The van der Waals surface area contributed by atoms with E-state index >= 15 is 0 Å². The first-order valence-electron chi connectivity index (χ1n) is 26.9. The number of carbonyl (C=O) groups is 5. The number of esters is 1. The highest BCUT2D eigenvalue weighted by Gasteiger charge is 2.55. The molecule has 1 unspecified atom stereocenters. The first kappa shape index (κ1) is 62.1. The van der Waals surface area contributed by atoms with Crippen molar-refractivity contribution in [2.45, 2.75) is 180 Å². The number of fused-ring (bicyclic) bond motifs is 3. The van der Waals surface area contributed by atoms with Gasteiger partial charge in [-0.3, -0.25) is 19.2 Å². The Morgan fingerprint density at radius 2 is 1.52 bits per heavy atom. The second kappa shape index (κ2) is 30.9. The van der Waals surface area contributed by atoms with E-state index in [0.717, 1.165) is 12.0 Å². The van der Waals surface area contributed by atoms with Crippen LogP contribution in [-0.2, 0) is 66.6 Å². The molecule has 0 aromatic carbocycles.